The van der Waals surface area contributed by atoms with Crippen LogP contribution in [0.4, 0.5) is 5.69 Å². The number of rotatable bonds is 3. The summed E-state index contributed by atoms with van der Waals surface area (Å²) in [6.07, 6.45) is 1.69. The van der Waals surface area contributed by atoms with Crippen molar-refractivity contribution in [1.29, 1.82) is 0 Å². The van der Waals surface area contributed by atoms with Gasteiger partial charge in [-0.15, -0.1) is 0 Å². The SMILES string of the molecule is CC(Nc1cnc(Cl)c(Br)c1)c1ccccc1Cl. The highest BCUT2D eigenvalue weighted by atomic mass is 79.9. The lowest BCUT2D eigenvalue weighted by Crippen LogP contribution is -2.07. The molecule has 1 unspecified atom stereocenters. The van der Waals surface area contributed by atoms with Crippen LogP contribution >= 0.6 is 39.1 Å². The van der Waals surface area contributed by atoms with Crippen molar-refractivity contribution >= 4 is 44.8 Å². The van der Waals surface area contributed by atoms with E-state index >= 15 is 0 Å². The molecular formula is C13H11BrCl2N2. The first-order chi connectivity index (χ1) is 8.58. The minimum atomic E-state index is 0.0913. The van der Waals surface area contributed by atoms with Crippen molar-refractivity contribution in [2.45, 2.75) is 13.0 Å². The summed E-state index contributed by atoms with van der Waals surface area (Å²) in [5.74, 6) is 0. The van der Waals surface area contributed by atoms with E-state index in [1.165, 1.54) is 0 Å². The zero-order valence-electron chi connectivity index (χ0n) is 9.62. The maximum absolute atomic E-state index is 6.16. The van der Waals surface area contributed by atoms with Crippen LogP contribution in [0.2, 0.25) is 10.2 Å². The number of benzene rings is 1. The molecule has 1 aromatic heterocycles. The van der Waals surface area contributed by atoms with Crippen LogP contribution < -0.4 is 5.32 Å². The number of hydrogen-bond acceptors (Lipinski definition) is 2. The zero-order valence-corrected chi connectivity index (χ0v) is 12.7. The number of hydrogen-bond donors (Lipinski definition) is 1. The Kier molecular flexibility index (Phi) is 4.49. The fourth-order valence-corrected chi connectivity index (χ4v) is 2.41. The predicted octanol–water partition coefficient (Wildman–Crippen LogP) is 5.32. The first kappa shape index (κ1) is 13.7. The Bertz CT molecular complexity index is 560. The van der Waals surface area contributed by atoms with Crippen LogP contribution in [0.1, 0.15) is 18.5 Å². The summed E-state index contributed by atoms with van der Waals surface area (Å²) in [4.78, 5) is 4.07. The average Bonchev–Trinajstić information content (AvgIpc) is 2.34. The highest BCUT2D eigenvalue weighted by molar-refractivity contribution is 9.10. The van der Waals surface area contributed by atoms with Crippen LogP contribution in [-0.2, 0) is 0 Å². The smallest absolute Gasteiger partial charge is 0.143 e. The van der Waals surface area contributed by atoms with Crippen molar-refractivity contribution in [3.8, 4) is 0 Å². The molecule has 2 nitrogen and oxygen atoms in total. The minimum Gasteiger partial charge on any atom is -0.377 e. The maximum Gasteiger partial charge on any atom is 0.143 e. The molecule has 5 heteroatoms. The van der Waals surface area contributed by atoms with Gasteiger partial charge >= 0.3 is 0 Å². The van der Waals surface area contributed by atoms with E-state index in [9.17, 15) is 0 Å². The summed E-state index contributed by atoms with van der Waals surface area (Å²) >= 11 is 15.4. The monoisotopic (exact) mass is 344 g/mol. The lowest BCUT2D eigenvalue weighted by Gasteiger charge is -2.17. The molecule has 2 aromatic rings. The summed E-state index contributed by atoms with van der Waals surface area (Å²) in [7, 11) is 0. The van der Waals surface area contributed by atoms with E-state index in [-0.39, 0.29) is 6.04 Å². The Labute approximate surface area is 124 Å². The van der Waals surface area contributed by atoms with Crippen LogP contribution in [0.5, 0.6) is 0 Å². The molecular weight excluding hydrogens is 335 g/mol. The van der Waals surface area contributed by atoms with Crippen LogP contribution in [0.15, 0.2) is 41.0 Å². The van der Waals surface area contributed by atoms with Crippen molar-refractivity contribution in [3.05, 3.63) is 56.7 Å². The summed E-state index contributed by atoms with van der Waals surface area (Å²) in [6.45, 7) is 2.05. The number of nitrogens with one attached hydrogen (secondary N) is 1. The molecule has 94 valence electrons. The molecule has 2 rings (SSSR count). The predicted molar refractivity (Wildman–Crippen MR) is 80.4 cm³/mol. The average molecular weight is 346 g/mol. The van der Waals surface area contributed by atoms with Crippen LogP contribution in [-0.4, -0.2) is 4.98 Å². The molecule has 0 aliphatic carbocycles. The number of halogens is 3. The number of aromatic nitrogens is 1. The van der Waals surface area contributed by atoms with Crippen LogP contribution in [0.3, 0.4) is 0 Å². The molecule has 0 radical (unpaired) electrons. The Morgan fingerprint density at radius 3 is 2.67 bits per heavy atom. The largest absolute Gasteiger partial charge is 0.377 e. The Morgan fingerprint density at radius 1 is 1.28 bits per heavy atom. The molecule has 0 saturated heterocycles. The molecule has 0 aliphatic heterocycles. The van der Waals surface area contributed by atoms with Crippen molar-refractivity contribution in [1.82, 2.24) is 4.98 Å². The van der Waals surface area contributed by atoms with Gasteiger partial charge in [0.05, 0.1) is 22.4 Å². The van der Waals surface area contributed by atoms with Gasteiger partial charge in [-0.25, -0.2) is 4.98 Å². The number of anilines is 1. The van der Waals surface area contributed by atoms with Crippen LogP contribution in [0, 0.1) is 0 Å². The molecule has 0 saturated carbocycles. The lowest BCUT2D eigenvalue weighted by atomic mass is 10.1. The summed E-state index contributed by atoms with van der Waals surface area (Å²) in [5, 5.41) is 4.53. The van der Waals surface area contributed by atoms with E-state index in [4.69, 9.17) is 23.2 Å². The minimum absolute atomic E-state index is 0.0913. The summed E-state index contributed by atoms with van der Waals surface area (Å²) in [5.41, 5.74) is 1.93. The first-order valence-electron chi connectivity index (χ1n) is 5.40. The van der Waals surface area contributed by atoms with Crippen molar-refractivity contribution < 1.29 is 0 Å². The highest BCUT2D eigenvalue weighted by Gasteiger charge is 2.09. The Morgan fingerprint density at radius 2 is 2.00 bits per heavy atom. The van der Waals surface area contributed by atoms with Gasteiger partial charge in [0.15, 0.2) is 0 Å². The van der Waals surface area contributed by atoms with Crippen molar-refractivity contribution in [3.63, 3.8) is 0 Å². The van der Waals surface area contributed by atoms with Gasteiger partial charge in [0.1, 0.15) is 5.15 Å². The molecule has 1 aromatic carbocycles. The first-order valence-corrected chi connectivity index (χ1v) is 6.95. The second-order valence-electron chi connectivity index (χ2n) is 3.88. The van der Waals surface area contributed by atoms with E-state index in [0.29, 0.717) is 5.15 Å². The van der Waals surface area contributed by atoms with Gasteiger partial charge in [-0.1, -0.05) is 41.4 Å². The molecule has 1 heterocycles. The molecule has 0 bridgehead atoms. The van der Waals surface area contributed by atoms with E-state index < -0.39 is 0 Å². The van der Waals surface area contributed by atoms with Gasteiger partial charge in [-0.3, -0.25) is 0 Å². The third-order valence-electron chi connectivity index (χ3n) is 2.55. The molecule has 0 amide bonds. The topological polar surface area (TPSA) is 24.9 Å². The lowest BCUT2D eigenvalue weighted by molar-refractivity contribution is 0.883. The fourth-order valence-electron chi connectivity index (χ4n) is 1.65. The molecule has 0 spiro atoms. The molecule has 0 aliphatic rings. The Balaban J connectivity index is 2.19. The van der Waals surface area contributed by atoms with Gasteiger partial charge in [0.25, 0.3) is 0 Å². The van der Waals surface area contributed by atoms with Crippen LogP contribution in [0.25, 0.3) is 0 Å². The third-order valence-corrected chi connectivity index (χ3v) is 4.03. The van der Waals surface area contributed by atoms with E-state index in [1.807, 2.05) is 37.3 Å². The van der Waals surface area contributed by atoms with Gasteiger partial charge in [0, 0.05) is 5.02 Å². The van der Waals surface area contributed by atoms with E-state index in [0.717, 1.165) is 20.7 Å². The second-order valence-corrected chi connectivity index (χ2v) is 5.50. The molecule has 1 atom stereocenters. The highest BCUT2D eigenvalue weighted by Crippen LogP contribution is 2.28. The Hall–Kier alpha value is -0.770. The van der Waals surface area contributed by atoms with E-state index in [2.05, 4.69) is 26.2 Å². The number of nitrogens with zero attached hydrogens (tertiary/aromatic N) is 1. The standard InChI is InChI=1S/C13H11BrCl2N2/c1-8(10-4-2-3-5-12(10)15)18-9-6-11(14)13(16)17-7-9/h2-8,18H,1H3. The van der Waals surface area contributed by atoms with Crippen molar-refractivity contribution in [2.75, 3.05) is 5.32 Å². The summed E-state index contributed by atoms with van der Waals surface area (Å²) in [6, 6.07) is 9.74. The number of pyridine rings is 1. The van der Waals surface area contributed by atoms with Gasteiger partial charge < -0.3 is 5.32 Å². The normalized spacial score (nSPS) is 12.2. The van der Waals surface area contributed by atoms with Gasteiger partial charge in [-0.05, 0) is 40.5 Å². The molecule has 18 heavy (non-hydrogen) atoms. The quantitative estimate of drug-likeness (QED) is 0.761. The van der Waals surface area contributed by atoms with Gasteiger partial charge in [0.2, 0.25) is 0 Å². The molecule has 1 N–H and O–H groups in total. The fraction of sp³-hybridized carbons (Fsp3) is 0.154. The van der Waals surface area contributed by atoms with Crippen molar-refractivity contribution in [2.24, 2.45) is 0 Å². The summed E-state index contributed by atoms with van der Waals surface area (Å²) < 4.78 is 0.764. The maximum atomic E-state index is 6.16. The third kappa shape index (κ3) is 3.16. The van der Waals surface area contributed by atoms with Gasteiger partial charge in [-0.2, -0.15) is 0 Å². The second kappa shape index (κ2) is 5.91. The van der Waals surface area contributed by atoms with E-state index in [1.54, 1.807) is 6.20 Å². The molecule has 0 fully saturated rings. The zero-order chi connectivity index (χ0) is 13.1.